The quantitative estimate of drug-likeness (QED) is 0.718. The third-order valence-corrected chi connectivity index (χ3v) is 5.13. The second kappa shape index (κ2) is 7.56. The Bertz CT molecular complexity index is 850. The lowest BCUT2D eigenvalue weighted by atomic mass is 9.90. The number of pyridine rings is 1. The van der Waals surface area contributed by atoms with Gasteiger partial charge >= 0.3 is 0 Å². The number of carbonyl (C=O) groups excluding carboxylic acids is 1. The number of likely N-dealkylation sites (tertiary alicyclic amines) is 1. The summed E-state index contributed by atoms with van der Waals surface area (Å²) in [5, 5.41) is 0. The van der Waals surface area contributed by atoms with Gasteiger partial charge in [0, 0.05) is 37.4 Å². The molecule has 0 radical (unpaired) electrons. The van der Waals surface area contributed by atoms with Crippen LogP contribution < -0.4 is 0 Å². The smallest absolute Gasteiger partial charge is 0.272 e. The van der Waals surface area contributed by atoms with Crippen LogP contribution in [0.15, 0.2) is 73.2 Å². The highest BCUT2D eigenvalue weighted by atomic mass is 16.2. The highest BCUT2D eigenvalue weighted by Crippen LogP contribution is 2.23. The van der Waals surface area contributed by atoms with E-state index in [9.17, 15) is 4.79 Å². The molecule has 1 aliphatic rings. The highest BCUT2D eigenvalue weighted by Gasteiger charge is 2.24. The maximum atomic E-state index is 12.8. The first kappa shape index (κ1) is 16.6. The first-order valence-corrected chi connectivity index (χ1v) is 9.22. The maximum absolute atomic E-state index is 12.8. The van der Waals surface area contributed by atoms with E-state index in [1.165, 1.54) is 5.56 Å². The van der Waals surface area contributed by atoms with Crippen molar-refractivity contribution < 1.29 is 4.79 Å². The largest absolute Gasteiger partial charge is 0.337 e. The summed E-state index contributed by atoms with van der Waals surface area (Å²) in [6.07, 6.45) is 8.86. The van der Waals surface area contributed by atoms with Gasteiger partial charge in [0.15, 0.2) is 0 Å². The molecule has 1 saturated heterocycles. The predicted octanol–water partition coefficient (Wildman–Crippen LogP) is 3.97. The Morgan fingerprint density at radius 1 is 1.00 bits per heavy atom. The first-order valence-electron chi connectivity index (χ1n) is 9.22. The molecule has 0 unspecified atom stereocenters. The minimum absolute atomic E-state index is 0.0390. The molecule has 0 N–H and O–H groups in total. The summed E-state index contributed by atoms with van der Waals surface area (Å²) in [7, 11) is 0. The topological polar surface area (TPSA) is 38.1 Å². The molecular weight excluding hydrogens is 322 g/mol. The van der Waals surface area contributed by atoms with Crippen LogP contribution in [0, 0.1) is 5.92 Å². The van der Waals surface area contributed by atoms with Crippen molar-refractivity contribution in [2.24, 2.45) is 5.92 Å². The van der Waals surface area contributed by atoms with Crippen LogP contribution in [0.1, 0.15) is 28.9 Å². The molecule has 0 spiro atoms. The molecule has 4 heteroatoms. The predicted molar refractivity (Wildman–Crippen MR) is 102 cm³/mol. The number of piperidine rings is 1. The van der Waals surface area contributed by atoms with E-state index < -0.39 is 0 Å². The molecule has 0 atom stereocenters. The van der Waals surface area contributed by atoms with E-state index in [0.29, 0.717) is 11.6 Å². The number of nitrogens with zero attached hydrogens (tertiary/aromatic N) is 3. The van der Waals surface area contributed by atoms with Gasteiger partial charge < -0.3 is 9.47 Å². The van der Waals surface area contributed by atoms with Gasteiger partial charge in [0.1, 0.15) is 5.69 Å². The summed E-state index contributed by atoms with van der Waals surface area (Å²) < 4.78 is 1.99. The Morgan fingerprint density at radius 2 is 1.73 bits per heavy atom. The van der Waals surface area contributed by atoms with Crippen molar-refractivity contribution >= 4 is 5.91 Å². The average Bonchev–Trinajstić information content (AvgIpc) is 3.24. The van der Waals surface area contributed by atoms with Gasteiger partial charge in [-0.2, -0.15) is 0 Å². The fourth-order valence-electron chi connectivity index (χ4n) is 3.65. The molecule has 0 aliphatic carbocycles. The molecule has 3 aromatic rings. The molecular formula is C22H23N3O. The van der Waals surface area contributed by atoms with Crippen LogP contribution in [0.2, 0.25) is 0 Å². The SMILES string of the molecule is O=C(c1cc(-n2cccc2)ccn1)N1CCC(Cc2ccccc2)CC1. The number of hydrogen-bond acceptors (Lipinski definition) is 2. The van der Waals surface area contributed by atoms with E-state index in [-0.39, 0.29) is 5.91 Å². The highest BCUT2D eigenvalue weighted by molar-refractivity contribution is 5.92. The minimum atomic E-state index is 0.0390. The van der Waals surface area contributed by atoms with Crippen molar-refractivity contribution in [1.82, 2.24) is 14.5 Å². The lowest BCUT2D eigenvalue weighted by Gasteiger charge is -2.32. The fraction of sp³-hybridized carbons (Fsp3) is 0.273. The zero-order valence-corrected chi connectivity index (χ0v) is 14.8. The molecule has 4 rings (SSSR count). The molecule has 0 bridgehead atoms. The van der Waals surface area contributed by atoms with Gasteiger partial charge in [-0.1, -0.05) is 30.3 Å². The van der Waals surface area contributed by atoms with Crippen LogP contribution in [0.3, 0.4) is 0 Å². The molecule has 1 aromatic carbocycles. The van der Waals surface area contributed by atoms with Gasteiger partial charge in [0.2, 0.25) is 0 Å². The zero-order chi connectivity index (χ0) is 17.8. The van der Waals surface area contributed by atoms with Gasteiger partial charge in [0.05, 0.1) is 0 Å². The molecule has 4 nitrogen and oxygen atoms in total. The van der Waals surface area contributed by atoms with E-state index in [2.05, 4.69) is 35.3 Å². The number of hydrogen-bond donors (Lipinski definition) is 0. The molecule has 1 amide bonds. The van der Waals surface area contributed by atoms with E-state index in [1.807, 2.05) is 46.1 Å². The second-order valence-electron chi connectivity index (χ2n) is 6.91. The van der Waals surface area contributed by atoms with Gasteiger partial charge in [-0.05, 0) is 55.0 Å². The van der Waals surface area contributed by atoms with Crippen LogP contribution >= 0.6 is 0 Å². The molecule has 1 aliphatic heterocycles. The van der Waals surface area contributed by atoms with E-state index in [1.54, 1.807) is 6.20 Å². The zero-order valence-electron chi connectivity index (χ0n) is 14.8. The first-order chi connectivity index (χ1) is 12.8. The third kappa shape index (κ3) is 3.69. The fourth-order valence-corrected chi connectivity index (χ4v) is 3.65. The van der Waals surface area contributed by atoms with Crippen LogP contribution in [0.4, 0.5) is 0 Å². The summed E-state index contributed by atoms with van der Waals surface area (Å²) in [6, 6.07) is 18.4. The van der Waals surface area contributed by atoms with Crippen LogP contribution in [0.5, 0.6) is 0 Å². The lowest BCUT2D eigenvalue weighted by molar-refractivity contribution is 0.0684. The summed E-state index contributed by atoms with van der Waals surface area (Å²) in [6.45, 7) is 1.62. The van der Waals surface area contributed by atoms with Crippen molar-refractivity contribution in [2.45, 2.75) is 19.3 Å². The summed E-state index contributed by atoms with van der Waals surface area (Å²) in [5.41, 5.74) is 2.88. The molecule has 132 valence electrons. The van der Waals surface area contributed by atoms with Crippen molar-refractivity contribution in [1.29, 1.82) is 0 Å². The van der Waals surface area contributed by atoms with E-state index in [4.69, 9.17) is 0 Å². The standard InChI is InChI=1S/C22H23N3O/c26-22(21-17-20(8-11-23-21)24-12-4-5-13-24)25-14-9-19(10-15-25)16-18-6-2-1-3-7-18/h1-8,11-13,17,19H,9-10,14-16H2. The Hall–Kier alpha value is -2.88. The average molecular weight is 345 g/mol. The van der Waals surface area contributed by atoms with Gasteiger partial charge in [-0.15, -0.1) is 0 Å². The van der Waals surface area contributed by atoms with Gasteiger partial charge in [-0.3, -0.25) is 9.78 Å². The Morgan fingerprint density at radius 3 is 2.46 bits per heavy atom. The van der Waals surface area contributed by atoms with Crippen LogP contribution in [-0.2, 0) is 6.42 Å². The van der Waals surface area contributed by atoms with Crippen LogP contribution in [0.25, 0.3) is 5.69 Å². The second-order valence-corrected chi connectivity index (χ2v) is 6.91. The van der Waals surface area contributed by atoms with E-state index >= 15 is 0 Å². The van der Waals surface area contributed by atoms with Gasteiger partial charge in [-0.25, -0.2) is 0 Å². The van der Waals surface area contributed by atoms with Crippen molar-refractivity contribution in [3.63, 3.8) is 0 Å². The van der Waals surface area contributed by atoms with E-state index in [0.717, 1.165) is 38.0 Å². The summed E-state index contributed by atoms with van der Waals surface area (Å²) in [4.78, 5) is 19.1. The number of aromatic nitrogens is 2. The monoisotopic (exact) mass is 345 g/mol. The molecule has 26 heavy (non-hydrogen) atoms. The summed E-state index contributed by atoms with van der Waals surface area (Å²) >= 11 is 0. The normalized spacial score (nSPS) is 15.2. The molecule has 1 fully saturated rings. The maximum Gasteiger partial charge on any atom is 0.272 e. The lowest BCUT2D eigenvalue weighted by Crippen LogP contribution is -2.39. The van der Waals surface area contributed by atoms with Crippen molar-refractivity contribution in [3.05, 3.63) is 84.4 Å². The molecule has 3 heterocycles. The Labute approximate surface area is 154 Å². The molecule has 2 aromatic heterocycles. The van der Waals surface area contributed by atoms with Crippen molar-refractivity contribution in [3.8, 4) is 5.69 Å². The molecule has 0 saturated carbocycles. The minimum Gasteiger partial charge on any atom is -0.337 e. The van der Waals surface area contributed by atoms with Gasteiger partial charge in [0.25, 0.3) is 5.91 Å². The number of amides is 1. The number of rotatable bonds is 4. The summed E-state index contributed by atoms with van der Waals surface area (Å²) in [5.74, 6) is 0.692. The van der Waals surface area contributed by atoms with Crippen LogP contribution in [-0.4, -0.2) is 33.4 Å². The Balaban J connectivity index is 1.39. The number of carbonyl (C=O) groups is 1. The number of benzene rings is 1. The van der Waals surface area contributed by atoms with Crippen molar-refractivity contribution in [2.75, 3.05) is 13.1 Å². The Kier molecular flexibility index (Phi) is 4.82. The third-order valence-electron chi connectivity index (χ3n) is 5.13.